The summed E-state index contributed by atoms with van der Waals surface area (Å²) in [6, 6.07) is 0.318. The van der Waals surface area contributed by atoms with Crippen LogP contribution in [-0.2, 0) is 14.2 Å². The zero-order chi connectivity index (χ0) is 25.2. The first kappa shape index (κ1) is 33.9. The molecule has 0 bridgehead atoms. The Morgan fingerprint density at radius 1 is 1.09 bits per heavy atom. The largest absolute Gasteiger partial charge is 0.400 e. The number of nitrogens with two attached hydrogens (primary N) is 1. The van der Waals surface area contributed by atoms with Gasteiger partial charge in [0.15, 0.2) is 0 Å². The first-order valence-electron chi connectivity index (χ1n) is 12.1. The Labute approximate surface area is 202 Å². The molecular weight excluding hydrogens is 422 g/mol. The average Bonchev–Trinajstić information content (AvgIpc) is 2.83. The Morgan fingerprint density at radius 3 is 2.21 bits per heavy atom. The molecule has 0 spiro atoms. The summed E-state index contributed by atoms with van der Waals surface area (Å²) in [5, 5.41) is 17.3. The highest BCUT2D eigenvalue weighted by atomic mass is 16.5. The number of nitrogens with one attached hydrogen (secondary N) is 1. The van der Waals surface area contributed by atoms with Gasteiger partial charge in [0, 0.05) is 39.7 Å². The Balaban J connectivity index is 0. The van der Waals surface area contributed by atoms with Crippen LogP contribution >= 0.6 is 0 Å². The first-order chi connectivity index (χ1) is 16.2. The third-order valence-electron chi connectivity index (χ3n) is 4.92. The van der Waals surface area contributed by atoms with E-state index in [9.17, 15) is 0 Å². The maximum Gasteiger partial charge on any atom is 0.119 e. The molecule has 2 fully saturated rings. The van der Waals surface area contributed by atoms with Crippen molar-refractivity contribution in [1.29, 1.82) is 0 Å². The van der Waals surface area contributed by atoms with E-state index in [4.69, 9.17) is 30.2 Å². The highest BCUT2D eigenvalue weighted by molar-refractivity contribution is 5.95. The number of nitrogens with zero attached hydrogens (tertiary/aromatic N) is 1. The van der Waals surface area contributed by atoms with Crippen LogP contribution in [0.25, 0.3) is 0 Å². The van der Waals surface area contributed by atoms with Crippen LogP contribution in [0.15, 0.2) is 29.5 Å². The second-order valence-electron chi connectivity index (χ2n) is 7.76. The third-order valence-corrected chi connectivity index (χ3v) is 4.92. The van der Waals surface area contributed by atoms with Crippen LogP contribution < -0.4 is 11.1 Å². The second kappa shape index (κ2) is 27.0. The van der Waals surface area contributed by atoms with Gasteiger partial charge in [-0.3, -0.25) is 0 Å². The summed E-state index contributed by atoms with van der Waals surface area (Å²) >= 11 is 0. The van der Waals surface area contributed by atoms with Gasteiger partial charge in [-0.25, -0.2) is 4.99 Å². The molecule has 1 saturated heterocycles. The van der Waals surface area contributed by atoms with Gasteiger partial charge in [-0.2, -0.15) is 0 Å². The van der Waals surface area contributed by atoms with Crippen molar-refractivity contribution in [2.45, 2.75) is 64.8 Å². The van der Waals surface area contributed by atoms with E-state index in [0.717, 1.165) is 64.7 Å². The maximum absolute atomic E-state index is 7.00. The van der Waals surface area contributed by atoms with Gasteiger partial charge in [0.05, 0.1) is 32.5 Å². The van der Waals surface area contributed by atoms with Gasteiger partial charge in [-0.15, -0.1) is 0 Å². The summed E-state index contributed by atoms with van der Waals surface area (Å²) in [5.41, 5.74) is 6.36. The molecule has 33 heavy (non-hydrogen) atoms. The van der Waals surface area contributed by atoms with Crippen molar-refractivity contribution in [3.05, 3.63) is 24.6 Å². The highest BCUT2D eigenvalue weighted by Crippen LogP contribution is 2.24. The topological polar surface area (TPSA) is 119 Å². The summed E-state index contributed by atoms with van der Waals surface area (Å²) in [6.07, 6.45) is 12.4. The summed E-state index contributed by atoms with van der Waals surface area (Å²) in [7, 11) is 2.00. The Morgan fingerprint density at radius 2 is 1.73 bits per heavy atom. The summed E-state index contributed by atoms with van der Waals surface area (Å²) in [5.74, 6) is 1.77. The number of aliphatic hydroxyl groups excluding tert-OH is 2. The van der Waals surface area contributed by atoms with E-state index in [-0.39, 0.29) is 0 Å². The molecule has 1 aliphatic carbocycles. The minimum Gasteiger partial charge on any atom is -0.400 e. The molecule has 1 heterocycles. The van der Waals surface area contributed by atoms with Gasteiger partial charge in [-0.05, 0) is 44.6 Å². The zero-order valence-electron chi connectivity index (χ0n) is 21.6. The zero-order valence-corrected chi connectivity index (χ0v) is 21.6. The molecule has 1 saturated carbocycles. The van der Waals surface area contributed by atoms with Crippen LogP contribution in [0.4, 0.5) is 0 Å². The van der Waals surface area contributed by atoms with Crippen molar-refractivity contribution in [3.63, 3.8) is 0 Å². The molecule has 1 aliphatic heterocycles. The van der Waals surface area contributed by atoms with Gasteiger partial charge in [0.1, 0.15) is 5.82 Å². The van der Waals surface area contributed by atoms with Crippen LogP contribution in [0, 0.1) is 5.92 Å². The molecule has 2 rings (SSSR count). The third kappa shape index (κ3) is 22.3. The first-order valence-corrected chi connectivity index (χ1v) is 12.1. The van der Waals surface area contributed by atoms with E-state index in [1.807, 2.05) is 19.1 Å². The molecule has 0 aromatic carbocycles. The molecule has 0 aromatic heterocycles. The lowest BCUT2D eigenvalue weighted by Crippen LogP contribution is -2.35. The normalized spacial score (nSPS) is 18.0. The number of allylic oxidation sites excluding steroid dienone is 2. The molecular formula is C25H51N3O5. The minimum atomic E-state index is 0.318. The van der Waals surface area contributed by atoms with Gasteiger partial charge in [0.25, 0.3) is 0 Å². The van der Waals surface area contributed by atoms with Crippen molar-refractivity contribution in [1.82, 2.24) is 5.32 Å². The number of rotatable bonds is 13. The fourth-order valence-corrected chi connectivity index (χ4v) is 3.04. The SMILES string of the molecule is C=C(/N=C(\C=C/C)CCCOCCOCCN)NC1CCCOC1.CC1CCC1.CO.CO. The van der Waals surface area contributed by atoms with Crippen molar-refractivity contribution in [3.8, 4) is 0 Å². The van der Waals surface area contributed by atoms with Crippen molar-refractivity contribution in [2.75, 3.05) is 60.4 Å². The number of hydrogen-bond acceptors (Lipinski definition) is 8. The van der Waals surface area contributed by atoms with E-state index >= 15 is 0 Å². The summed E-state index contributed by atoms with van der Waals surface area (Å²) in [4.78, 5) is 4.59. The summed E-state index contributed by atoms with van der Waals surface area (Å²) in [6.45, 7) is 12.9. The Bertz CT molecular complexity index is 477. The van der Waals surface area contributed by atoms with E-state index in [0.29, 0.717) is 44.8 Å². The van der Waals surface area contributed by atoms with Crippen LogP contribution in [0.2, 0.25) is 0 Å². The molecule has 5 N–H and O–H groups in total. The average molecular weight is 474 g/mol. The standard InChI is InChI=1S/C18H33N3O3.C5H10.2CH4O/c1-3-6-17(7-4-10-22-13-14-23-12-9-19)20-16(2)21-18-8-5-11-24-15-18;1-5-3-2-4-5;2*1-2/h3,6,18,21H,2,4-5,7-15,19H2,1H3;5H,2-4H2,1H3;2*2H,1H3/b6-3-,20-17+;;;. The lowest BCUT2D eigenvalue weighted by Gasteiger charge is -2.23. The fourth-order valence-electron chi connectivity index (χ4n) is 3.04. The molecule has 1 unspecified atom stereocenters. The van der Waals surface area contributed by atoms with Crippen LogP contribution in [0.5, 0.6) is 0 Å². The molecule has 0 amide bonds. The second-order valence-corrected chi connectivity index (χ2v) is 7.76. The monoisotopic (exact) mass is 473 g/mol. The highest BCUT2D eigenvalue weighted by Gasteiger charge is 2.13. The number of ether oxygens (including phenoxy) is 3. The Kier molecular flexibility index (Phi) is 27.7. The number of aliphatic imine (C=N–C) groups is 1. The van der Waals surface area contributed by atoms with Crippen molar-refractivity contribution < 1.29 is 24.4 Å². The quantitative estimate of drug-likeness (QED) is 0.240. The van der Waals surface area contributed by atoms with E-state index in [1.165, 1.54) is 19.3 Å². The molecule has 8 heteroatoms. The molecule has 1 atom stereocenters. The molecule has 0 aromatic rings. The number of aliphatic hydroxyl groups is 2. The van der Waals surface area contributed by atoms with E-state index < -0.39 is 0 Å². The van der Waals surface area contributed by atoms with Crippen molar-refractivity contribution >= 4 is 5.71 Å². The van der Waals surface area contributed by atoms with Crippen LogP contribution in [0.3, 0.4) is 0 Å². The van der Waals surface area contributed by atoms with E-state index in [1.54, 1.807) is 0 Å². The number of hydrogen-bond donors (Lipinski definition) is 4. The lowest BCUT2D eigenvalue weighted by molar-refractivity contribution is 0.0503. The van der Waals surface area contributed by atoms with Crippen LogP contribution in [0.1, 0.15) is 58.8 Å². The van der Waals surface area contributed by atoms with Gasteiger partial charge in [-0.1, -0.05) is 38.8 Å². The smallest absolute Gasteiger partial charge is 0.119 e. The van der Waals surface area contributed by atoms with Gasteiger partial charge < -0.3 is 35.5 Å². The predicted octanol–water partition coefficient (Wildman–Crippen LogP) is 3.04. The molecule has 2 aliphatic rings. The predicted molar refractivity (Wildman–Crippen MR) is 138 cm³/mol. The maximum atomic E-state index is 7.00. The fraction of sp³-hybridized carbons (Fsp3) is 0.800. The van der Waals surface area contributed by atoms with Gasteiger partial charge >= 0.3 is 0 Å². The Hall–Kier alpha value is -1.29. The molecule has 0 radical (unpaired) electrons. The molecule has 196 valence electrons. The summed E-state index contributed by atoms with van der Waals surface area (Å²) < 4.78 is 16.3. The van der Waals surface area contributed by atoms with E-state index in [2.05, 4.69) is 23.8 Å². The van der Waals surface area contributed by atoms with Crippen molar-refractivity contribution in [2.24, 2.45) is 16.6 Å². The molecule has 8 nitrogen and oxygen atoms in total. The van der Waals surface area contributed by atoms with Gasteiger partial charge in [0.2, 0.25) is 0 Å². The lowest BCUT2D eigenvalue weighted by atomic mass is 9.88. The minimum absolute atomic E-state index is 0.318. The van der Waals surface area contributed by atoms with Crippen LogP contribution in [-0.4, -0.2) is 82.4 Å².